The zero-order valence-corrected chi connectivity index (χ0v) is 21.0. The molecule has 0 saturated heterocycles. The molecule has 0 bridgehead atoms. The standard InChI is InChI=1S/C23H28ClF2N3O4S/c1-5-15(2)27-23(31)16(3)28(13-17-8-6-7-9-19(17)24)22(30)14-29(34(4,32)33)18-10-11-20(25)21(26)12-18/h6-12,15-16H,5,13-14H2,1-4H3,(H,27,31)/t15-,16+/m0/s1. The Bertz CT molecular complexity index is 1150. The molecule has 0 aliphatic heterocycles. The van der Waals surface area contributed by atoms with E-state index < -0.39 is 46.1 Å². The topological polar surface area (TPSA) is 86.8 Å². The van der Waals surface area contributed by atoms with E-state index in [1.165, 1.54) is 11.8 Å². The number of halogens is 3. The predicted molar refractivity (Wildman–Crippen MR) is 128 cm³/mol. The van der Waals surface area contributed by atoms with Crippen molar-refractivity contribution in [3.8, 4) is 0 Å². The lowest BCUT2D eigenvalue weighted by atomic mass is 10.1. The zero-order valence-electron chi connectivity index (χ0n) is 19.4. The van der Waals surface area contributed by atoms with Crippen LogP contribution in [-0.4, -0.2) is 50.0 Å². The first-order valence-electron chi connectivity index (χ1n) is 10.6. The van der Waals surface area contributed by atoms with Gasteiger partial charge in [-0.1, -0.05) is 36.7 Å². The molecule has 0 aliphatic carbocycles. The lowest BCUT2D eigenvalue weighted by molar-refractivity contribution is -0.139. The van der Waals surface area contributed by atoms with Crippen LogP contribution in [0.15, 0.2) is 42.5 Å². The van der Waals surface area contributed by atoms with Gasteiger partial charge in [0.2, 0.25) is 21.8 Å². The minimum Gasteiger partial charge on any atom is -0.352 e. The van der Waals surface area contributed by atoms with Crippen LogP contribution in [0.2, 0.25) is 5.02 Å². The molecule has 7 nitrogen and oxygen atoms in total. The fourth-order valence-corrected chi connectivity index (χ4v) is 4.15. The maximum Gasteiger partial charge on any atom is 0.244 e. The maximum atomic E-state index is 13.8. The van der Waals surface area contributed by atoms with Crippen molar-refractivity contribution in [3.05, 3.63) is 64.7 Å². The second kappa shape index (κ2) is 11.6. The molecule has 186 valence electrons. The molecule has 2 atom stereocenters. The van der Waals surface area contributed by atoms with Crippen LogP contribution < -0.4 is 9.62 Å². The quantitative estimate of drug-likeness (QED) is 0.522. The Morgan fingerprint density at radius 1 is 1.09 bits per heavy atom. The number of nitrogens with zero attached hydrogens (tertiary/aromatic N) is 2. The van der Waals surface area contributed by atoms with Crippen molar-refractivity contribution in [2.24, 2.45) is 0 Å². The Hall–Kier alpha value is -2.72. The number of carbonyl (C=O) groups is 2. The smallest absolute Gasteiger partial charge is 0.244 e. The average molecular weight is 516 g/mol. The first-order valence-corrected chi connectivity index (χ1v) is 12.8. The lowest BCUT2D eigenvalue weighted by Gasteiger charge is -2.32. The van der Waals surface area contributed by atoms with Crippen LogP contribution >= 0.6 is 11.6 Å². The van der Waals surface area contributed by atoms with E-state index in [4.69, 9.17) is 11.6 Å². The van der Waals surface area contributed by atoms with Crippen LogP contribution in [0.4, 0.5) is 14.5 Å². The molecule has 2 aromatic carbocycles. The van der Waals surface area contributed by atoms with E-state index >= 15 is 0 Å². The van der Waals surface area contributed by atoms with Crippen molar-refractivity contribution < 1.29 is 26.8 Å². The van der Waals surface area contributed by atoms with Gasteiger partial charge >= 0.3 is 0 Å². The van der Waals surface area contributed by atoms with Gasteiger partial charge in [0.05, 0.1) is 11.9 Å². The van der Waals surface area contributed by atoms with Crippen molar-refractivity contribution in [2.45, 2.75) is 45.8 Å². The summed E-state index contributed by atoms with van der Waals surface area (Å²) >= 11 is 6.25. The summed E-state index contributed by atoms with van der Waals surface area (Å²) < 4.78 is 52.7. The molecule has 0 aliphatic rings. The van der Waals surface area contributed by atoms with Crippen LogP contribution in [0.5, 0.6) is 0 Å². The van der Waals surface area contributed by atoms with E-state index in [1.807, 2.05) is 13.8 Å². The van der Waals surface area contributed by atoms with Gasteiger partial charge in [-0.2, -0.15) is 0 Å². The van der Waals surface area contributed by atoms with E-state index in [9.17, 15) is 26.8 Å². The number of hydrogen-bond donors (Lipinski definition) is 1. The molecule has 1 N–H and O–H groups in total. The predicted octanol–water partition coefficient (Wildman–Crippen LogP) is 3.72. The molecule has 2 amide bonds. The fraction of sp³-hybridized carbons (Fsp3) is 0.391. The summed E-state index contributed by atoms with van der Waals surface area (Å²) in [5.41, 5.74) is 0.337. The molecule has 2 aromatic rings. The molecular weight excluding hydrogens is 488 g/mol. The van der Waals surface area contributed by atoms with Crippen LogP contribution in [-0.2, 0) is 26.2 Å². The minimum absolute atomic E-state index is 0.0665. The summed E-state index contributed by atoms with van der Waals surface area (Å²) in [6.07, 6.45) is 1.52. The second-order valence-corrected chi connectivity index (χ2v) is 10.3. The molecule has 0 spiro atoms. The Morgan fingerprint density at radius 3 is 2.29 bits per heavy atom. The van der Waals surface area contributed by atoms with E-state index in [-0.39, 0.29) is 18.3 Å². The highest BCUT2D eigenvalue weighted by molar-refractivity contribution is 7.92. The van der Waals surface area contributed by atoms with E-state index in [2.05, 4.69) is 5.32 Å². The Labute approximate surface area is 203 Å². The largest absolute Gasteiger partial charge is 0.352 e. The van der Waals surface area contributed by atoms with E-state index in [1.54, 1.807) is 24.3 Å². The van der Waals surface area contributed by atoms with Gasteiger partial charge in [0.1, 0.15) is 12.6 Å². The van der Waals surface area contributed by atoms with E-state index in [0.29, 0.717) is 27.4 Å². The summed E-state index contributed by atoms with van der Waals surface area (Å²) in [6, 6.07) is 8.18. The second-order valence-electron chi connectivity index (χ2n) is 7.97. The number of carbonyl (C=O) groups excluding carboxylic acids is 2. The summed E-state index contributed by atoms with van der Waals surface area (Å²) in [7, 11) is -4.06. The van der Waals surface area contributed by atoms with Crippen molar-refractivity contribution >= 4 is 39.1 Å². The number of nitrogens with one attached hydrogen (secondary N) is 1. The molecule has 34 heavy (non-hydrogen) atoms. The molecule has 11 heteroatoms. The normalized spacial score (nSPS) is 13.1. The third kappa shape index (κ3) is 7.14. The summed E-state index contributed by atoms with van der Waals surface area (Å²) in [5.74, 6) is -3.55. The molecule has 0 radical (unpaired) electrons. The van der Waals surface area contributed by atoms with Crippen LogP contribution in [0.1, 0.15) is 32.8 Å². The van der Waals surface area contributed by atoms with Gasteiger partial charge in [-0.15, -0.1) is 0 Å². The number of anilines is 1. The Balaban J connectivity index is 2.42. The first-order chi connectivity index (χ1) is 15.8. The van der Waals surface area contributed by atoms with Crippen LogP contribution in [0, 0.1) is 11.6 Å². The maximum absolute atomic E-state index is 13.8. The number of benzene rings is 2. The molecule has 0 aromatic heterocycles. The third-order valence-electron chi connectivity index (χ3n) is 5.34. The Kier molecular flexibility index (Phi) is 9.40. The van der Waals surface area contributed by atoms with Gasteiger partial charge in [0.25, 0.3) is 0 Å². The SMILES string of the molecule is CC[C@H](C)NC(=O)[C@@H](C)N(Cc1ccccc1Cl)C(=O)CN(c1ccc(F)c(F)c1)S(C)(=O)=O. The number of rotatable bonds is 10. The van der Waals surface area contributed by atoms with Crippen molar-refractivity contribution in [2.75, 3.05) is 17.1 Å². The van der Waals surface area contributed by atoms with E-state index in [0.717, 1.165) is 18.4 Å². The van der Waals surface area contributed by atoms with Crippen LogP contribution in [0.25, 0.3) is 0 Å². The molecule has 0 saturated carbocycles. The third-order valence-corrected chi connectivity index (χ3v) is 6.85. The highest BCUT2D eigenvalue weighted by Crippen LogP contribution is 2.23. The molecule has 0 heterocycles. The summed E-state index contributed by atoms with van der Waals surface area (Å²) in [4.78, 5) is 27.4. The molecule has 2 rings (SSSR count). The monoisotopic (exact) mass is 515 g/mol. The first kappa shape index (κ1) is 27.5. The summed E-state index contributed by atoms with van der Waals surface area (Å²) in [6.45, 7) is 4.44. The van der Waals surface area contributed by atoms with Crippen molar-refractivity contribution in [1.82, 2.24) is 10.2 Å². The van der Waals surface area contributed by atoms with Gasteiger partial charge in [-0.3, -0.25) is 13.9 Å². The number of amides is 2. The Morgan fingerprint density at radius 2 is 1.74 bits per heavy atom. The number of sulfonamides is 1. The summed E-state index contributed by atoms with van der Waals surface area (Å²) in [5, 5.41) is 3.18. The zero-order chi connectivity index (χ0) is 25.6. The molecule has 0 fully saturated rings. The van der Waals surface area contributed by atoms with Crippen molar-refractivity contribution in [1.29, 1.82) is 0 Å². The minimum atomic E-state index is -4.06. The van der Waals surface area contributed by atoms with Crippen LogP contribution in [0.3, 0.4) is 0 Å². The highest BCUT2D eigenvalue weighted by atomic mass is 35.5. The number of hydrogen-bond acceptors (Lipinski definition) is 4. The van der Waals surface area contributed by atoms with Gasteiger partial charge in [0, 0.05) is 23.7 Å². The van der Waals surface area contributed by atoms with Crippen molar-refractivity contribution in [3.63, 3.8) is 0 Å². The fourth-order valence-electron chi connectivity index (χ4n) is 3.11. The molecular formula is C23H28ClF2N3O4S. The molecule has 0 unspecified atom stereocenters. The lowest BCUT2D eigenvalue weighted by Crippen LogP contribution is -2.52. The van der Waals surface area contributed by atoms with Gasteiger partial charge in [-0.25, -0.2) is 17.2 Å². The average Bonchev–Trinajstić information content (AvgIpc) is 2.77. The highest BCUT2D eigenvalue weighted by Gasteiger charge is 2.31. The van der Waals surface area contributed by atoms with Gasteiger partial charge < -0.3 is 10.2 Å². The van der Waals surface area contributed by atoms with Gasteiger partial charge in [0.15, 0.2) is 11.6 Å². The van der Waals surface area contributed by atoms with Gasteiger partial charge in [-0.05, 0) is 44.0 Å².